The van der Waals surface area contributed by atoms with Gasteiger partial charge in [-0.3, -0.25) is 0 Å². The molecule has 1 aromatic heterocycles. The van der Waals surface area contributed by atoms with E-state index in [2.05, 4.69) is 16.7 Å². The van der Waals surface area contributed by atoms with Gasteiger partial charge in [-0.25, -0.2) is 4.98 Å². The van der Waals surface area contributed by atoms with Crippen LogP contribution in [0.1, 0.15) is 17.1 Å². The molecule has 1 aromatic carbocycles. The van der Waals surface area contributed by atoms with E-state index >= 15 is 0 Å². The fourth-order valence-electron chi connectivity index (χ4n) is 2.64. The van der Waals surface area contributed by atoms with Crippen LogP contribution < -0.4 is 10.5 Å². The van der Waals surface area contributed by atoms with Crippen LogP contribution in [0.4, 0.5) is 0 Å². The standard InChI is InChI=1S/C15H19N3O/c1-10-17-15(13(5-7-16)18(10)2)12-3-4-14-11(9-12)6-8-19-14/h3-4,9H,5-8,16H2,1-2H3. The molecule has 0 amide bonds. The van der Waals surface area contributed by atoms with Crippen LogP contribution in [-0.4, -0.2) is 22.7 Å². The van der Waals surface area contributed by atoms with Crippen LogP contribution >= 0.6 is 0 Å². The van der Waals surface area contributed by atoms with Crippen molar-refractivity contribution in [3.63, 3.8) is 0 Å². The number of nitrogens with two attached hydrogens (primary N) is 1. The van der Waals surface area contributed by atoms with Gasteiger partial charge in [-0.2, -0.15) is 0 Å². The predicted molar refractivity (Wildman–Crippen MR) is 75.3 cm³/mol. The first-order valence-corrected chi connectivity index (χ1v) is 6.69. The number of benzene rings is 1. The molecule has 2 heterocycles. The Kier molecular flexibility index (Phi) is 3.03. The third-order valence-electron chi connectivity index (χ3n) is 3.78. The minimum absolute atomic E-state index is 0.639. The molecular formula is C15H19N3O. The molecule has 0 fully saturated rings. The zero-order valence-corrected chi connectivity index (χ0v) is 11.4. The molecular weight excluding hydrogens is 238 g/mol. The molecule has 1 aliphatic rings. The summed E-state index contributed by atoms with van der Waals surface area (Å²) in [6.07, 6.45) is 1.83. The van der Waals surface area contributed by atoms with E-state index in [1.165, 1.54) is 11.3 Å². The molecule has 2 aromatic rings. The van der Waals surface area contributed by atoms with E-state index in [1.54, 1.807) is 0 Å². The van der Waals surface area contributed by atoms with Crippen molar-refractivity contribution in [3.05, 3.63) is 35.3 Å². The van der Waals surface area contributed by atoms with E-state index in [4.69, 9.17) is 15.5 Å². The lowest BCUT2D eigenvalue weighted by atomic mass is 10.0. The Labute approximate surface area is 113 Å². The fourth-order valence-corrected chi connectivity index (χ4v) is 2.64. The van der Waals surface area contributed by atoms with Gasteiger partial charge in [-0.1, -0.05) is 0 Å². The Morgan fingerprint density at radius 1 is 1.42 bits per heavy atom. The summed E-state index contributed by atoms with van der Waals surface area (Å²) < 4.78 is 7.68. The van der Waals surface area contributed by atoms with E-state index in [-0.39, 0.29) is 0 Å². The third kappa shape index (κ3) is 2.02. The monoisotopic (exact) mass is 257 g/mol. The van der Waals surface area contributed by atoms with Gasteiger partial charge in [0.15, 0.2) is 0 Å². The molecule has 19 heavy (non-hydrogen) atoms. The summed E-state index contributed by atoms with van der Waals surface area (Å²) in [5.41, 5.74) is 10.4. The fraction of sp³-hybridized carbons (Fsp3) is 0.400. The number of aryl methyl sites for hydroxylation is 1. The molecule has 3 rings (SSSR count). The molecule has 0 saturated heterocycles. The van der Waals surface area contributed by atoms with E-state index in [1.807, 2.05) is 20.0 Å². The molecule has 100 valence electrons. The summed E-state index contributed by atoms with van der Waals surface area (Å²) in [7, 11) is 2.05. The molecule has 4 nitrogen and oxygen atoms in total. The van der Waals surface area contributed by atoms with Gasteiger partial charge in [0.1, 0.15) is 11.6 Å². The summed E-state index contributed by atoms with van der Waals surface area (Å²) >= 11 is 0. The molecule has 0 atom stereocenters. The number of aromatic nitrogens is 2. The molecule has 0 unspecified atom stereocenters. The second-order valence-corrected chi connectivity index (χ2v) is 4.97. The van der Waals surface area contributed by atoms with Crippen molar-refractivity contribution in [2.75, 3.05) is 13.2 Å². The lowest BCUT2D eigenvalue weighted by Crippen LogP contribution is -2.08. The molecule has 0 spiro atoms. The topological polar surface area (TPSA) is 53.1 Å². The van der Waals surface area contributed by atoms with Crippen molar-refractivity contribution in [3.8, 4) is 17.0 Å². The Hall–Kier alpha value is -1.81. The molecule has 0 radical (unpaired) electrons. The Morgan fingerprint density at radius 3 is 3.05 bits per heavy atom. The minimum atomic E-state index is 0.639. The molecule has 2 N–H and O–H groups in total. The number of hydrogen-bond acceptors (Lipinski definition) is 3. The summed E-state index contributed by atoms with van der Waals surface area (Å²) in [5, 5.41) is 0. The lowest BCUT2D eigenvalue weighted by Gasteiger charge is -2.06. The Balaban J connectivity index is 2.09. The van der Waals surface area contributed by atoms with Gasteiger partial charge in [0.05, 0.1) is 12.3 Å². The average molecular weight is 257 g/mol. The average Bonchev–Trinajstić information content (AvgIpc) is 2.98. The maximum Gasteiger partial charge on any atom is 0.122 e. The highest BCUT2D eigenvalue weighted by Crippen LogP contribution is 2.31. The van der Waals surface area contributed by atoms with E-state index in [9.17, 15) is 0 Å². The largest absolute Gasteiger partial charge is 0.493 e. The number of nitrogens with zero attached hydrogens (tertiary/aromatic N) is 2. The van der Waals surface area contributed by atoms with Crippen molar-refractivity contribution < 1.29 is 4.74 Å². The summed E-state index contributed by atoms with van der Waals surface area (Å²) in [5.74, 6) is 2.03. The summed E-state index contributed by atoms with van der Waals surface area (Å²) in [6, 6.07) is 6.34. The minimum Gasteiger partial charge on any atom is -0.493 e. The van der Waals surface area contributed by atoms with Crippen LogP contribution in [0.5, 0.6) is 5.75 Å². The van der Waals surface area contributed by atoms with Gasteiger partial charge < -0.3 is 15.0 Å². The van der Waals surface area contributed by atoms with E-state index < -0.39 is 0 Å². The molecule has 1 aliphatic heterocycles. The van der Waals surface area contributed by atoms with Gasteiger partial charge in [0.2, 0.25) is 0 Å². The molecule has 0 bridgehead atoms. The molecule has 4 heteroatoms. The Morgan fingerprint density at radius 2 is 2.26 bits per heavy atom. The van der Waals surface area contributed by atoms with Crippen LogP contribution in [0.2, 0.25) is 0 Å². The molecule has 0 saturated carbocycles. The summed E-state index contributed by atoms with van der Waals surface area (Å²) in [6.45, 7) is 3.45. The van der Waals surface area contributed by atoms with E-state index in [0.29, 0.717) is 6.54 Å². The number of rotatable bonds is 3. The zero-order chi connectivity index (χ0) is 13.4. The van der Waals surface area contributed by atoms with Crippen molar-refractivity contribution in [1.29, 1.82) is 0 Å². The smallest absolute Gasteiger partial charge is 0.122 e. The number of hydrogen-bond donors (Lipinski definition) is 1. The quantitative estimate of drug-likeness (QED) is 0.912. The van der Waals surface area contributed by atoms with Crippen LogP contribution in [0.3, 0.4) is 0 Å². The van der Waals surface area contributed by atoms with E-state index in [0.717, 1.165) is 42.3 Å². The van der Waals surface area contributed by atoms with Crippen LogP contribution in [-0.2, 0) is 19.9 Å². The van der Waals surface area contributed by atoms with Crippen LogP contribution in [0, 0.1) is 6.92 Å². The maximum atomic E-state index is 5.71. The second-order valence-electron chi connectivity index (χ2n) is 4.97. The van der Waals surface area contributed by atoms with Gasteiger partial charge in [-0.05, 0) is 37.2 Å². The molecule has 0 aliphatic carbocycles. The van der Waals surface area contributed by atoms with Gasteiger partial charge in [0.25, 0.3) is 0 Å². The zero-order valence-electron chi connectivity index (χ0n) is 11.4. The first-order valence-electron chi connectivity index (χ1n) is 6.69. The Bertz CT molecular complexity index is 616. The maximum absolute atomic E-state index is 5.71. The van der Waals surface area contributed by atoms with Gasteiger partial charge in [0, 0.05) is 31.1 Å². The van der Waals surface area contributed by atoms with Crippen molar-refractivity contribution >= 4 is 0 Å². The van der Waals surface area contributed by atoms with Crippen molar-refractivity contribution in [2.45, 2.75) is 19.8 Å². The van der Waals surface area contributed by atoms with Crippen LogP contribution in [0.25, 0.3) is 11.3 Å². The number of ether oxygens (including phenoxy) is 1. The summed E-state index contributed by atoms with van der Waals surface area (Å²) in [4.78, 5) is 4.69. The highest BCUT2D eigenvalue weighted by Gasteiger charge is 2.17. The van der Waals surface area contributed by atoms with Crippen molar-refractivity contribution in [2.24, 2.45) is 12.8 Å². The first kappa shape index (κ1) is 12.2. The van der Waals surface area contributed by atoms with Crippen LogP contribution in [0.15, 0.2) is 18.2 Å². The second kappa shape index (κ2) is 4.70. The number of imidazole rings is 1. The van der Waals surface area contributed by atoms with Gasteiger partial charge >= 0.3 is 0 Å². The first-order chi connectivity index (χ1) is 9.20. The predicted octanol–water partition coefficient (Wildman–Crippen LogP) is 1.83. The normalized spacial score (nSPS) is 13.4. The SMILES string of the molecule is Cc1nc(-c2ccc3c(c2)CCO3)c(CCN)n1C. The number of fused-ring (bicyclic) bond motifs is 1. The third-order valence-corrected chi connectivity index (χ3v) is 3.78. The highest BCUT2D eigenvalue weighted by atomic mass is 16.5. The van der Waals surface area contributed by atoms with Crippen molar-refractivity contribution in [1.82, 2.24) is 9.55 Å². The lowest BCUT2D eigenvalue weighted by molar-refractivity contribution is 0.357. The highest BCUT2D eigenvalue weighted by molar-refractivity contribution is 5.65. The van der Waals surface area contributed by atoms with Gasteiger partial charge in [-0.15, -0.1) is 0 Å².